The standard InChI is InChI=1S/C15H24N2O2S/c1-11-7-9-13(10-8-11)17(3)20(18,19)15-6-4-5-14(16)12(15)2/h4-6,11,13H,7-10,16H2,1-3H3. The Bertz CT molecular complexity index is 576. The highest BCUT2D eigenvalue weighted by atomic mass is 32.2. The van der Waals surface area contributed by atoms with Crippen LogP contribution in [-0.2, 0) is 10.0 Å². The summed E-state index contributed by atoms with van der Waals surface area (Å²) in [6.07, 6.45) is 4.08. The summed E-state index contributed by atoms with van der Waals surface area (Å²) in [5, 5.41) is 0. The van der Waals surface area contributed by atoms with Crippen molar-refractivity contribution in [3.05, 3.63) is 23.8 Å². The van der Waals surface area contributed by atoms with Gasteiger partial charge in [0.1, 0.15) is 0 Å². The van der Waals surface area contributed by atoms with Gasteiger partial charge in [-0.1, -0.05) is 13.0 Å². The Kier molecular flexibility index (Phi) is 4.39. The van der Waals surface area contributed by atoms with Crippen LogP contribution in [0.4, 0.5) is 5.69 Å². The minimum atomic E-state index is -3.46. The van der Waals surface area contributed by atoms with Gasteiger partial charge in [0.05, 0.1) is 4.90 Å². The highest BCUT2D eigenvalue weighted by Gasteiger charge is 2.31. The number of sulfonamides is 1. The van der Waals surface area contributed by atoms with Crippen LogP contribution in [0, 0.1) is 12.8 Å². The van der Waals surface area contributed by atoms with Crippen molar-refractivity contribution < 1.29 is 8.42 Å². The fourth-order valence-corrected chi connectivity index (χ4v) is 4.54. The Morgan fingerprint density at radius 2 is 1.80 bits per heavy atom. The quantitative estimate of drug-likeness (QED) is 0.872. The lowest BCUT2D eigenvalue weighted by atomic mass is 9.87. The number of anilines is 1. The Hall–Kier alpha value is -1.07. The van der Waals surface area contributed by atoms with Gasteiger partial charge in [0.25, 0.3) is 0 Å². The van der Waals surface area contributed by atoms with Crippen LogP contribution in [0.25, 0.3) is 0 Å². The number of nitrogen functional groups attached to an aromatic ring is 1. The number of nitrogens with two attached hydrogens (primary N) is 1. The van der Waals surface area contributed by atoms with Crippen molar-refractivity contribution >= 4 is 15.7 Å². The average Bonchev–Trinajstić information content (AvgIpc) is 2.41. The molecule has 0 unspecified atom stereocenters. The van der Waals surface area contributed by atoms with Crippen LogP contribution in [0.2, 0.25) is 0 Å². The number of nitrogens with zero attached hydrogens (tertiary/aromatic N) is 1. The molecule has 0 bridgehead atoms. The number of rotatable bonds is 3. The van der Waals surface area contributed by atoms with E-state index in [0.29, 0.717) is 22.1 Å². The second-order valence-electron chi connectivity index (χ2n) is 5.91. The monoisotopic (exact) mass is 296 g/mol. The summed E-state index contributed by atoms with van der Waals surface area (Å²) in [6, 6.07) is 5.18. The zero-order valence-corrected chi connectivity index (χ0v) is 13.3. The first-order chi connectivity index (χ1) is 9.34. The van der Waals surface area contributed by atoms with Gasteiger partial charge in [-0.05, 0) is 56.2 Å². The lowest BCUT2D eigenvalue weighted by Crippen LogP contribution is -2.39. The molecule has 2 rings (SSSR count). The second kappa shape index (κ2) is 5.74. The van der Waals surface area contributed by atoms with E-state index in [4.69, 9.17) is 5.73 Å². The van der Waals surface area contributed by atoms with Crippen molar-refractivity contribution in [2.45, 2.75) is 50.5 Å². The lowest BCUT2D eigenvalue weighted by Gasteiger charge is -2.33. The summed E-state index contributed by atoms with van der Waals surface area (Å²) in [7, 11) is -1.76. The number of hydrogen-bond acceptors (Lipinski definition) is 3. The first-order valence-corrected chi connectivity index (χ1v) is 8.61. The Labute approximate surface area is 122 Å². The molecule has 0 aliphatic heterocycles. The molecule has 0 atom stereocenters. The number of hydrogen-bond donors (Lipinski definition) is 1. The first-order valence-electron chi connectivity index (χ1n) is 7.17. The van der Waals surface area contributed by atoms with Crippen LogP contribution in [0.5, 0.6) is 0 Å². The molecule has 1 aliphatic rings. The Morgan fingerprint density at radius 3 is 2.40 bits per heavy atom. The first kappa shape index (κ1) is 15.3. The highest BCUT2D eigenvalue weighted by Crippen LogP contribution is 2.31. The van der Waals surface area contributed by atoms with Crippen LogP contribution in [-0.4, -0.2) is 25.8 Å². The molecular formula is C15H24N2O2S. The van der Waals surface area contributed by atoms with Crippen molar-refractivity contribution in [2.24, 2.45) is 5.92 Å². The normalized spacial score (nSPS) is 24.0. The van der Waals surface area contributed by atoms with Gasteiger partial charge in [0.2, 0.25) is 10.0 Å². The second-order valence-corrected chi connectivity index (χ2v) is 7.87. The molecule has 0 spiro atoms. The van der Waals surface area contributed by atoms with E-state index in [0.717, 1.165) is 25.7 Å². The molecule has 112 valence electrons. The molecule has 1 fully saturated rings. The molecule has 0 aromatic heterocycles. The van der Waals surface area contributed by atoms with Gasteiger partial charge in [-0.3, -0.25) is 0 Å². The summed E-state index contributed by atoms with van der Waals surface area (Å²) in [5.74, 6) is 0.705. The predicted molar refractivity (Wildman–Crippen MR) is 82.0 cm³/mol. The van der Waals surface area contributed by atoms with E-state index in [1.807, 2.05) is 0 Å². The zero-order valence-electron chi connectivity index (χ0n) is 12.5. The smallest absolute Gasteiger partial charge is 0.243 e. The molecule has 2 N–H and O–H groups in total. The molecular weight excluding hydrogens is 272 g/mol. The third kappa shape index (κ3) is 2.83. The van der Waals surface area contributed by atoms with Crippen molar-refractivity contribution in [2.75, 3.05) is 12.8 Å². The van der Waals surface area contributed by atoms with Gasteiger partial charge in [-0.25, -0.2) is 8.42 Å². The van der Waals surface area contributed by atoms with Gasteiger partial charge in [-0.15, -0.1) is 0 Å². The molecule has 0 amide bonds. The molecule has 5 heteroatoms. The summed E-state index contributed by atoms with van der Waals surface area (Å²) in [4.78, 5) is 0.332. The minimum absolute atomic E-state index is 0.108. The van der Waals surface area contributed by atoms with E-state index < -0.39 is 10.0 Å². The van der Waals surface area contributed by atoms with E-state index in [-0.39, 0.29) is 6.04 Å². The SMILES string of the molecule is Cc1c(N)cccc1S(=O)(=O)N(C)C1CCC(C)CC1. The Balaban J connectivity index is 2.28. The molecule has 0 radical (unpaired) electrons. The van der Waals surface area contributed by atoms with Gasteiger partial charge >= 0.3 is 0 Å². The molecule has 1 aliphatic carbocycles. The third-order valence-corrected chi connectivity index (χ3v) is 6.54. The summed E-state index contributed by atoms with van der Waals surface area (Å²) in [5.41, 5.74) is 7.00. The summed E-state index contributed by atoms with van der Waals surface area (Å²) >= 11 is 0. The predicted octanol–water partition coefficient (Wildman–Crippen LogP) is 2.78. The summed E-state index contributed by atoms with van der Waals surface area (Å²) < 4.78 is 27.1. The van der Waals surface area contributed by atoms with E-state index in [2.05, 4.69) is 6.92 Å². The van der Waals surface area contributed by atoms with E-state index in [1.54, 1.807) is 36.5 Å². The third-order valence-electron chi connectivity index (χ3n) is 4.48. The molecule has 1 aromatic carbocycles. The molecule has 1 aromatic rings. The van der Waals surface area contributed by atoms with Crippen LogP contribution < -0.4 is 5.73 Å². The lowest BCUT2D eigenvalue weighted by molar-refractivity contribution is 0.246. The maximum atomic E-state index is 12.8. The van der Waals surface area contributed by atoms with E-state index >= 15 is 0 Å². The van der Waals surface area contributed by atoms with Crippen LogP contribution in [0.1, 0.15) is 38.2 Å². The van der Waals surface area contributed by atoms with Crippen LogP contribution >= 0.6 is 0 Å². The minimum Gasteiger partial charge on any atom is -0.398 e. The van der Waals surface area contributed by atoms with Gasteiger partial charge < -0.3 is 5.73 Å². The van der Waals surface area contributed by atoms with Crippen molar-refractivity contribution in [1.82, 2.24) is 4.31 Å². The maximum Gasteiger partial charge on any atom is 0.243 e. The van der Waals surface area contributed by atoms with E-state index in [1.165, 1.54) is 0 Å². The fraction of sp³-hybridized carbons (Fsp3) is 0.600. The van der Waals surface area contributed by atoms with Crippen molar-refractivity contribution in [1.29, 1.82) is 0 Å². The number of benzene rings is 1. The van der Waals surface area contributed by atoms with Crippen LogP contribution in [0.3, 0.4) is 0 Å². The van der Waals surface area contributed by atoms with Gasteiger partial charge in [-0.2, -0.15) is 4.31 Å². The molecule has 0 saturated heterocycles. The van der Waals surface area contributed by atoms with E-state index in [9.17, 15) is 8.42 Å². The van der Waals surface area contributed by atoms with Crippen molar-refractivity contribution in [3.63, 3.8) is 0 Å². The maximum absolute atomic E-state index is 12.8. The van der Waals surface area contributed by atoms with Crippen LogP contribution in [0.15, 0.2) is 23.1 Å². The fourth-order valence-electron chi connectivity index (χ4n) is 2.87. The molecule has 0 heterocycles. The largest absolute Gasteiger partial charge is 0.398 e. The van der Waals surface area contributed by atoms with Gasteiger partial charge in [0.15, 0.2) is 0 Å². The van der Waals surface area contributed by atoms with Crippen molar-refractivity contribution in [3.8, 4) is 0 Å². The molecule has 1 saturated carbocycles. The average molecular weight is 296 g/mol. The topological polar surface area (TPSA) is 63.4 Å². The molecule has 20 heavy (non-hydrogen) atoms. The Morgan fingerprint density at radius 1 is 1.20 bits per heavy atom. The summed E-state index contributed by atoms with van der Waals surface area (Å²) in [6.45, 7) is 3.99. The molecule has 4 nitrogen and oxygen atoms in total. The highest BCUT2D eigenvalue weighted by molar-refractivity contribution is 7.89. The van der Waals surface area contributed by atoms with Gasteiger partial charge in [0, 0.05) is 18.8 Å². The zero-order chi connectivity index (χ0) is 14.9.